The number of carbonyl (C=O) groups excluding carboxylic acids is 1. The summed E-state index contributed by atoms with van der Waals surface area (Å²) in [5.41, 5.74) is -0.122. The van der Waals surface area contributed by atoms with Gasteiger partial charge in [0.2, 0.25) is 5.91 Å². The van der Waals surface area contributed by atoms with E-state index in [9.17, 15) is 9.90 Å². The molecule has 1 saturated carbocycles. The lowest BCUT2D eigenvalue weighted by Crippen LogP contribution is -2.48. The van der Waals surface area contributed by atoms with Crippen LogP contribution in [-0.2, 0) is 15.1 Å². The Hall–Kier alpha value is -1.39. The second-order valence-corrected chi connectivity index (χ2v) is 6.17. The zero-order valence-electron chi connectivity index (χ0n) is 12.3. The topological polar surface area (TPSA) is 58.6 Å². The Balaban J connectivity index is 1.77. The number of ether oxygens (including phenoxy) is 1. The molecule has 1 aromatic rings. The summed E-state index contributed by atoms with van der Waals surface area (Å²) in [6, 6.07) is 9.69. The van der Waals surface area contributed by atoms with Crippen molar-refractivity contribution in [3.05, 3.63) is 35.9 Å². The normalized spacial score (nSPS) is 22.5. The van der Waals surface area contributed by atoms with Gasteiger partial charge >= 0.3 is 0 Å². The summed E-state index contributed by atoms with van der Waals surface area (Å²) in [6.07, 6.45) is 3.61. The van der Waals surface area contributed by atoms with Crippen LogP contribution in [0.4, 0.5) is 0 Å². The Morgan fingerprint density at radius 1 is 1.19 bits per heavy atom. The molecule has 0 spiro atoms. The maximum atomic E-state index is 11.9. The van der Waals surface area contributed by atoms with Crippen LogP contribution in [0.1, 0.15) is 31.2 Å². The molecule has 4 nitrogen and oxygen atoms in total. The number of rotatable bonds is 5. The molecule has 1 aromatic carbocycles. The van der Waals surface area contributed by atoms with E-state index >= 15 is 0 Å². The third-order valence-electron chi connectivity index (χ3n) is 4.65. The van der Waals surface area contributed by atoms with Crippen molar-refractivity contribution in [3.63, 3.8) is 0 Å². The molecular weight excluding hydrogens is 266 g/mol. The van der Waals surface area contributed by atoms with Gasteiger partial charge in [-0.25, -0.2) is 0 Å². The molecule has 1 aliphatic carbocycles. The van der Waals surface area contributed by atoms with Crippen molar-refractivity contribution in [1.29, 1.82) is 0 Å². The van der Waals surface area contributed by atoms with Crippen molar-refractivity contribution in [2.24, 2.45) is 11.8 Å². The van der Waals surface area contributed by atoms with Crippen LogP contribution < -0.4 is 5.32 Å². The highest BCUT2D eigenvalue weighted by molar-refractivity contribution is 5.80. The van der Waals surface area contributed by atoms with E-state index in [-0.39, 0.29) is 24.3 Å². The fraction of sp³-hybridized carbons (Fsp3) is 0.588. The van der Waals surface area contributed by atoms with E-state index < -0.39 is 5.60 Å². The Labute approximate surface area is 125 Å². The van der Waals surface area contributed by atoms with Gasteiger partial charge < -0.3 is 15.2 Å². The van der Waals surface area contributed by atoms with Gasteiger partial charge in [-0.05, 0) is 37.2 Å². The quantitative estimate of drug-likeness (QED) is 0.869. The SMILES string of the molecule is O=C(NCC(O)(c1ccccc1)C1CCOCC1)C1CC1. The van der Waals surface area contributed by atoms with Crippen LogP contribution in [0.2, 0.25) is 0 Å². The first-order valence-corrected chi connectivity index (χ1v) is 7.83. The van der Waals surface area contributed by atoms with Crippen LogP contribution in [0.3, 0.4) is 0 Å². The maximum absolute atomic E-state index is 11.9. The van der Waals surface area contributed by atoms with Gasteiger partial charge in [0.15, 0.2) is 0 Å². The summed E-state index contributed by atoms with van der Waals surface area (Å²) >= 11 is 0. The Morgan fingerprint density at radius 2 is 1.86 bits per heavy atom. The first kappa shape index (κ1) is 14.5. The number of hydrogen-bond donors (Lipinski definition) is 2. The molecule has 21 heavy (non-hydrogen) atoms. The van der Waals surface area contributed by atoms with E-state index in [0.29, 0.717) is 13.2 Å². The summed E-state index contributed by atoms with van der Waals surface area (Å²) < 4.78 is 5.41. The van der Waals surface area contributed by atoms with E-state index in [0.717, 1.165) is 31.2 Å². The highest BCUT2D eigenvalue weighted by Crippen LogP contribution is 2.36. The summed E-state index contributed by atoms with van der Waals surface area (Å²) in [7, 11) is 0. The molecule has 4 heteroatoms. The minimum absolute atomic E-state index is 0.0800. The minimum atomic E-state index is -1.00. The maximum Gasteiger partial charge on any atom is 0.223 e. The summed E-state index contributed by atoms with van der Waals surface area (Å²) in [4.78, 5) is 11.9. The van der Waals surface area contributed by atoms with Gasteiger partial charge in [-0.1, -0.05) is 30.3 Å². The van der Waals surface area contributed by atoms with Crippen molar-refractivity contribution in [3.8, 4) is 0 Å². The predicted octanol–water partition coefficient (Wildman–Crippen LogP) is 1.83. The van der Waals surface area contributed by atoms with Crippen molar-refractivity contribution in [2.45, 2.75) is 31.3 Å². The van der Waals surface area contributed by atoms with Crippen molar-refractivity contribution in [2.75, 3.05) is 19.8 Å². The number of aliphatic hydroxyl groups is 1. The average Bonchev–Trinajstić information content (AvgIpc) is 3.39. The molecule has 2 N–H and O–H groups in total. The van der Waals surface area contributed by atoms with Gasteiger partial charge in [0, 0.05) is 19.1 Å². The van der Waals surface area contributed by atoms with Crippen LogP contribution in [0.15, 0.2) is 30.3 Å². The standard InChI is InChI=1S/C17H23NO3/c19-16(13-6-7-13)18-12-17(20,14-4-2-1-3-5-14)15-8-10-21-11-9-15/h1-5,13,15,20H,6-12H2,(H,18,19). The Bertz CT molecular complexity index is 480. The number of carbonyl (C=O) groups is 1. The Kier molecular flexibility index (Phi) is 4.27. The molecule has 0 radical (unpaired) electrons. The van der Waals surface area contributed by atoms with Gasteiger partial charge in [-0.15, -0.1) is 0 Å². The van der Waals surface area contributed by atoms with Crippen LogP contribution in [0.25, 0.3) is 0 Å². The number of nitrogens with one attached hydrogen (secondary N) is 1. The molecule has 3 rings (SSSR count). The van der Waals surface area contributed by atoms with Crippen molar-refractivity contribution < 1.29 is 14.6 Å². The van der Waals surface area contributed by atoms with E-state index in [1.54, 1.807) is 0 Å². The fourth-order valence-electron chi connectivity index (χ4n) is 3.10. The summed E-state index contributed by atoms with van der Waals surface area (Å²) in [5.74, 6) is 0.365. The molecule has 0 bridgehead atoms. The van der Waals surface area contributed by atoms with Gasteiger partial charge in [-0.2, -0.15) is 0 Å². The third kappa shape index (κ3) is 3.27. The predicted molar refractivity (Wildman–Crippen MR) is 79.6 cm³/mol. The number of amides is 1. The lowest BCUT2D eigenvalue weighted by Gasteiger charge is -2.39. The first-order valence-electron chi connectivity index (χ1n) is 7.83. The van der Waals surface area contributed by atoms with E-state index in [2.05, 4.69) is 5.32 Å². The van der Waals surface area contributed by atoms with Gasteiger partial charge in [0.1, 0.15) is 5.60 Å². The van der Waals surface area contributed by atoms with Crippen LogP contribution in [-0.4, -0.2) is 30.8 Å². The average molecular weight is 289 g/mol. The molecule has 1 atom stereocenters. The first-order chi connectivity index (χ1) is 10.2. The largest absolute Gasteiger partial charge is 0.383 e. The summed E-state index contributed by atoms with van der Waals surface area (Å²) in [6.45, 7) is 1.64. The Morgan fingerprint density at radius 3 is 2.48 bits per heavy atom. The van der Waals surface area contributed by atoms with E-state index in [1.165, 1.54) is 0 Å². The van der Waals surface area contributed by atoms with Crippen molar-refractivity contribution in [1.82, 2.24) is 5.32 Å². The van der Waals surface area contributed by atoms with Crippen LogP contribution in [0.5, 0.6) is 0 Å². The molecule has 1 amide bonds. The van der Waals surface area contributed by atoms with Crippen LogP contribution in [0, 0.1) is 11.8 Å². The second-order valence-electron chi connectivity index (χ2n) is 6.17. The summed E-state index contributed by atoms with van der Waals surface area (Å²) in [5, 5.41) is 14.2. The van der Waals surface area contributed by atoms with E-state index in [1.807, 2.05) is 30.3 Å². The second kappa shape index (κ2) is 6.16. The van der Waals surface area contributed by atoms with Crippen molar-refractivity contribution >= 4 is 5.91 Å². The van der Waals surface area contributed by atoms with E-state index in [4.69, 9.17) is 4.74 Å². The molecule has 2 fully saturated rings. The third-order valence-corrected chi connectivity index (χ3v) is 4.65. The fourth-order valence-corrected chi connectivity index (χ4v) is 3.10. The number of hydrogen-bond acceptors (Lipinski definition) is 3. The van der Waals surface area contributed by atoms with Gasteiger partial charge in [0.25, 0.3) is 0 Å². The lowest BCUT2D eigenvalue weighted by molar-refractivity contribution is -0.125. The minimum Gasteiger partial charge on any atom is -0.383 e. The highest BCUT2D eigenvalue weighted by Gasteiger charge is 2.40. The molecule has 1 saturated heterocycles. The number of benzene rings is 1. The molecule has 1 heterocycles. The monoisotopic (exact) mass is 289 g/mol. The molecule has 1 aliphatic heterocycles. The smallest absolute Gasteiger partial charge is 0.223 e. The highest BCUT2D eigenvalue weighted by atomic mass is 16.5. The van der Waals surface area contributed by atoms with Gasteiger partial charge in [0.05, 0.1) is 6.54 Å². The zero-order valence-corrected chi connectivity index (χ0v) is 12.3. The zero-order chi connectivity index (χ0) is 14.7. The van der Waals surface area contributed by atoms with Gasteiger partial charge in [-0.3, -0.25) is 4.79 Å². The molecule has 1 unspecified atom stereocenters. The molecular formula is C17H23NO3. The molecule has 114 valence electrons. The molecule has 2 aliphatic rings. The lowest BCUT2D eigenvalue weighted by atomic mass is 9.77. The van der Waals surface area contributed by atoms with Crippen LogP contribution >= 0.6 is 0 Å². The molecule has 0 aromatic heterocycles.